The van der Waals surface area contributed by atoms with Crippen molar-refractivity contribution in [1.82, 2.24) is 25.2 Å². The Kier molecular flexibility index (Phi) is 7.79. The molecule has 2 aromatic rings. The molecule has 0 aliphatic carbocycles. The number of aromatic nitrogens is 3. The third kappa shape index (κ3) is 5.55. The molecule has 0 radical (unpaired) electrons. The minimum absolute atomic E-state index is 0.0439. The van der Waals surface area contributed by atoms with Crippen molar-refractivity contribution >= 4 is 11.7 Å². The number of nitrogens with zero attached hydrogens (tertiary/aromatic N) is 4. The van der Waals surface area contributed by atoms with Crippen LogP contribution in [0, 0.1) is 5.92 Å². The summed E-state index contributed by atoms with van der Waals surface area (Å²) in [7, 11) is 0. The highest BCUT2D eigenvalue weighted by atomic mass is 16.5. The molecular weight excluding hydrogens is 418 g/mol. The molecule has 33 heavy (non-hydrogen) atoms. The molecule has 0 bridgehead atoms. The first-order chi connectivity index (χ1) is 15.7. The van der Waals surface area contributed by atoms with Crippen molar-refractivity contribution < 1.29 is 14.6 Å². The second-order valence-electron chi connectivity index (χ2n) is 9.70. The molecule has 3 rings (SSSR count). The standard InChI is InChI=1S/C25H37N5O3/c1-17(2)11-14-33-24(32)26-12-13-29-15-20-9-7-8-10-21(20)23-22(18(3)19(29)4)27-28-30(23)25(5,6)16-31/h7-10,17,31H,11-16H2,1-6H3,(H,26,32)/b19-18-. The van der Waals surface area contributed by atoms with Crippen molar-refractivity contribution in [3.63, 3.8) is 0 Å². The first kappa shape index (κ1) is 24.8. The highest BCUT2D eigenvalue weighted by Crippen LogP contribution is 2.37. The Morgan fingerprint density at radius 3 is 2.70 bits per heavy atom. The van der Waals surface area contributed by atoms with Crippen LogP contribution < -0.4 is 5.32 Å². The minimum Gasteiger partial charge on any atom is -0.450 e. The van der Waals surface area contributed by atoms with Crippen molar-refractivity contribution in [1.29, 1.82) is 0 Å². The molecule has 2 heterocycles. The van der Waals surface area contributed by atoms with Crippen molar-refractivity contribution in [3.8, 4) is 11.3 Å². The maximum atomic E-state index is 12.0. The fraction of sp³-hybridized carbons (Fsp3) is 0.560. The number of hydrogen-bond donors (Lipinski definition) is 2. The number of hydrogen-bond acceptors (Lipinski definition) is 6. The summed E-state index contributed by atoms with van der Waals surface area (Å²) in [6.07, 6.45) is 0.478. The number of nitrogens with one attached hydrogen (secondary N) is 1. The molecule has 0 atom stereocenters. The molecule has 1 aromatic carbocycles. The number of ether oxygens (including phenoxy) is 1. The van der Waals surface area contributed by atoms with Crippen LogP contribution in [-0.2, 0) is 16.8 Å². The Hall–Kier alpha value is -2.87. The van der Waals surface area contributed by atoms with Gasteiger partial charge in [0.1, 0.15) is 5.69 Å². The molecular formula is C25H37N5O3. The van der Waals surface area contributed by atoms with E-state index in [0.29, 0.717) is 32.2 Å². The molecule has 8 heteroatoms. The number of carbonyl (C=O) groups excluding carboxylic acids is 1. The van der Waals surface area contributed by atoms with Crippen molar-refractivity contribution in [2.75, 3.05) is 26.3 Å². The van der Waals surface area contributed by atoms with Crippen LogP contribution in [0.25, 0.3) is 16.8 Å². The summed E-state index contributed by atoms with van der Waals surface area (Å²) >= 11 is 0. The summed E-state index contributed by atoms with van der Waals surface area (Å²) in [6.45, 7) is 14.4. The van der Waals surface area contributed by atoms with Crippen LogP contribution in [-0.4, -0.2) is 57.4 Å². The van der Waals surface area contributed by atoms with E-state index >= 15 is 0 Å². The minimum atomic E-state index is -0.583. The molecule has 1 aromatic heterocycles. The van der Waals surface area contributed by atoms with Gasteiger partial charge in [0.2, 0.25) is 0 Å². The molecule has 0 fully saturated rings. The maximum Gasteiger partial charge on any atom is 0.407 e. The summed E-state index contributed by atoms with van der Waals surface area (Å²) in [5.74, 6) is 0.500. The number of fused-ring (bicyclic) bond motifs is 3. The molecule has 1 aliphatic heterocycles. The van der Waals surface area contributed by atoms with Gasteiger partial charge in [-0.2, -0.15) is 0 Å². The van der Waals surface area contributed by atoms with E-state index in [1.165, 1.54) is 0 Å². The number of benzene rings is 1. The zero-order valence-corrected chi connectivity index (χ0v) is 20.7. The van der Waals surface area contributed by atoms with E-state index in [-0.39, 0.29) is 12.7 Å². The van der Waals surface area contributed by atoms with Crippen LogP contribution in [0.4, 0.5) is 4.79 Å². The number of aliphatic hydroxyl groups is 1. The van der Waals surface area contributed by atoms with Crippen LogP contribution >= 0.6 is 0 Å². The Labute approximate surface area is 196 Å². The first-order valence-corrected chi connectivity index (χ1v) is 11.6. The maximum absolute atomic E-state index is 12.0. The van der Waals surface area contributed by atoms with Crippen LogP contribution in [0.15, 0.2) is 30.0 Å². The fourth-order valence-electron chi connectivity index (χ4n) is 3.87. The number of rotatable bonds is 8. The number of aliphatic hydroxyl groups excluding tert-OH is 1. The first-order valence-electron chi connectivity index (χ1n) is 11.6. The van der Waals surface area contributed by atoms with Gasteiger partial charge >= 0.3 is 6.09 Å². The number of carbonyl (C=O) groups is 1. The van der Waals surface area contributed by atoms with Gasteiger partial charge < -0.3 is 20.1 Å². The normalized spacial score (nSPS) is 16.2. The van der Waals surface area contributed by atoms with Crippen molar-refractivity contribution in [2.45, 2.75) is 60.0 Å². The van der Waals surface area contributed by atoms with E-state index < -0.39 is 5.54 Å². The zero-order chi connectivity index (χ0) is 24.2. The molecule has 2 N–H and O–H groups in total. The number of alkyl carbamates (subject to hydrolysis) is 1. The summed E-state index contributed by atoms with van der Waals surface area (Å²) in [6, 6.07) is 8.23. The summed E-state index contributed by atoms with van der Waals surface area (Å²) in [5.41, 5.74) is 5.45. The lowest BCUT2D eigenvalue weighted by Crippen LogP contribution is -2.35. The Bertz CT molecular complexity index is 1010. The van der Waals surface area contributed by atoms with Gasteiger partial charge in [-0.15, -0.1) is 5.10 Å². The van der Waals surface area contributed by atoms with Crippen LogP contribution in [0.1, 0.15) is 59.2 Å². The zero-order valence-electron chi connectivity index (χ0n) is 20.7. The fourth-order valence-corrected chi connectivity index (χ4v) is 3.87. The predicted molar refractivity (Wildman–Crippen MR) is 129 cm³/mol. The topological polar surface area (TPSA) is 92.5 Å². The van der Waals surface area contributed by atoms with Gasteiger partial charge in [-0.1, -0.05) is 43.3 Å². The average Bonchev–Trinajstić information content (AvgIpc) is 3.22. The second kappa shape index (κ2) is 10.4. The van der Waals surface area contributed by atoms with E-state index in [0.717, 1.165) is 40.2 Å². The lowest BCUT2D eigenvalue weighted by molar-refractivity contribution is 0.139. The third-order valence-corrected chi connectivity index (χ3v) is 6.22. The van der Waals surface area contributed by atoms with Gasteiger partial charge in [-0.3, -0.25) is 0 Å². The monoisotopic (exact) mass is 455 g/mol. The highest BCUT2D eigenvalue weighted by molar-refractivity contribution is 5.79. The van der Waals surface area contributed by atoms with E-state index in [1.54, 1.807) is 0 Å². The molecule has 1 aliphatic rings. The molecule has 180 valence electrons. The molecule has 1 amide bonds. The van der Waals surface area contributed by atoms with Gasteiger partial charge in [0.15, 0.2) is 0 Å². The number of amides is 1. The molecule has 0 saturated carbocycles. The van der Waals surface area contributed by atoms with Crippen molar-refractivity contribution in [2.24, 2.45) is 5.92 Å². The van der Waals surface area contributed by atoms with E-state index in [2.05, 4.69) is 53.4 Å². The highest BCUT2D eigenvalue weighted by Gasteiger charge is 2.31. The Balaban J connectivity index is 1.86. The predicted octanol–water partition coefficient (Wildman–Crippen LogP) is 4.01. The van der Waals surface area contributed by atoms with Gasteiger partial charge in [0.05, 0.1) is 24.4 Å². The average molecular weight is 456 g/mol. The summed E-state index contributed by atoms with van der Waals surface area (Å²) in [4.78, 5) is 14.3. The Morgan fingerprint density at radius 2 is 2.00 bits per heavy atom. The van der Waals surface area contributed by atoms with Gasteiger partial charge in [0, 0.05) is 30.9 Å². The number of allylic oxidation sites excluding steroid dienone is 2. The third-order valence-electron chi connectivity index (χ3n) is 6.22. The second-order valence-corrected chi connectivity index (χ2v) is 9.70. The molecule has 0 spiro atoms. The van der Waals surface area contributed by atoms with Gasteiger partial charge in [-0.05, 0) is 51.2 Å². The van der Waals surface area contributed by atoms with Crippen LogP contribution in [0.3, 0.4) is 0 Å². The lowest BCUT2D eigenvalue weighted by Gasteiger charge is -2.31. The van der Waals surface area contributed by atoms with Gasteiger partial charge in [0.25, 0.3) is 0 Å². The summed E-state index contributed by atoms with van der Waals surface area (Å²) in [5, 5.41) is 21.8. The molecule has 0 unspecified atom stereocenters. The van der Waals surface area contributed by atoms with Crippen molar-refractivity contribution in [3.05, 3.63) is 41.2 Å². The van der Waals surface area contributed by atoms with Crippen LogP contribution in [0.2, 0.25) is 0 Å². The SMILES string of the molecule is C/C1=C(\C)N(CCNC(=O)OCCC(C)C)Cc2ccccc2-c2c1nnn2C(C)(C)CO. The molecule has 8 nitrogen and oxygen atoms in total. The van der Waals surface area contributed by atoms with Crippen LogP contribution in [0.5, 0.6) is 0 Å². The largest absolute Gasteiger partial charge is 0.450 e. The summed E-state index contributed by atoms with van der Waals surface area (Å²) < 4.78 is 7.10. The quantitative estimate of drug-likeness (QED) is 0.625. The van der Waals surface area contributed by atoms with E-state index in [9.17, 15) is 9.90 Å². The van der Waals surface area contributed by atoms with E-state index in [1.807, 2.05) is 37.6 Å². The smallest absolute Gasteiger partial charge is 0.407 e. The van der Waals surface area contributed by atoms with Gasteiger partial charge in [-0.25, -0.2) is 9.48 Å². The van der Waals surface area contributed by atoms with E-state index in [4.69, 9.17) is 4.74 Å². The molecule has 0 saturated heterocycles. The Morgan fingerprint density at radius 1 is 1.27 bits per heavy atom. The lowest BCUT2D eigenvalue weighted by atomic mass is 9.95.